The Morgan fingerprint density at radius 2 is 1.08 bits per heavy atom. The molecule has 103 heavy (non-hydrogen) atoms. The summed E-state index contributed by atoms with van der Waals surface area (Å²) in [6, 6.07) is 4.99. The van der Waals surface area contributed by atoms with Gasteiger partial charge in [0.05, 0.1) is 32.3 Å². The van der Waals surface area contributed by atoms with Gasteiger partial charge >= 0.3 is 23.9 Å². The van der Waals surface area contributed by atoms with Crippen molar-refractivity contribution in [3.8, 4) is 0 Å². The highest BCUT2D eigenvalue weighted by Gasteiger charge is 2.45. The number of benzene rings is 2. The highest BCUT2D eigenvalue weighted by molar-refractivity contribution is 7.98. The van der Waals surface area contributed by atoms with E-state index in [9.17, 15) is 87.9 Å². The maximum absolute atomic E-state index is 15.0. The minimum atomic E-state index is -1.72. The summed E-state index contributed by atoms with van der Waals surface area (Å²) in [7, 11) is 0. The third-order valence-electron chi connectivity index (χ3n) is 18.9. The lowest BCUT2D eigenvalue weighted by molar-refractivity contribution is -0.148. The lowest BCUT2D eigenvalue weighted by atomic mass is 10.0. The van der Waals surface area contributed by atoms with E-state index in [1.165, 1.54) is 40.2 Å². The monoisotopic (exact) mass is 1480 g/mol. The summed E-state index contributed by atoms with van der Waals surface area (Å²) in [6.45, 7) is 6.63. The fraction of sp³-hybridized carbons (Fsp3) is 0.638. The number of piperazine rings is 1. The summed E-state index contributed by atoms with van der Waals surface area (Å²) in [5, 5.41) is 64.0. The second kappa shape index (κ2) is 41.5. The molecular formula is C69H102N14O18S2. The summed E-state index contributed by atoms with van der Waals surface area (Å²) in [4.78, 5) is 189. The number of carboxylic acid groups (broad SMARTS) is 4. The zero-order chi connectivity index (χ0) is 74.7. The van der Waals surface area contributed by atoms with Gasteiger partial charge in [0.15, 0.2) is 0 Å². The average molecular weight is 1480 g/mol. The molecule has 5 aliphatic heterocycles. The highest BCUT2D eigenvalue weighted by Crippen LogP contribution is 2.28. The topological polar surface area (TPSA) is 435 Å². The average Bonchev–Trinajstić information content (AvgIpc) is 1.68. The van der Waals surface area contributed by atoms with Gasteiger partial charge in [0, 0.05) is 140 Å². The first-order chi connectivity index (χ1) is 49.2. The van der Waals surface area contributed by atoms with Crippen LogP contribution < -0.4 is 32.3 Å². The largest absolute Gasteiger partial charge is 0.480 e. The number of aliphatic hydroxyl groups is 1. The lowest BCUT2D eigenvalue weighted by Crippen LogP contribution is -2.61. The van der Waals surface area contributed by atoms with Crippen molar-refractivity contribution in [1.82, 2.24) is 65.8 Å². The Balaban J connectivity index is 1.15. The number of nitrogens with zero attached hydrogens (tertiary/aromatic N) is 8. The number of nitrogens with two attached hydrogens (primary N) is 1. The molecule has 34 heteroatoms. The van der Waals surface area contributed by atoms with Crippen LogP contribution in [-0.4, -0.2) is 319 Å². The molecule has 2 aromatic carbocycles. The van der Waals surface area contributed by atoms with Crippen LogP contribution in [0, 0.1) is 0 Å². The van der Waals surface area contributed by atoms with Gasteiger partial charge in [0.25, 0.3) is 0 Å². The van der Waals surface area contributed by atoms with Gasteiger partial charge in [-0.3, -0.25) is 82.0 Å². The van der Waals surface area contributed by atoms with E-state index in [1.54, 1.807) is 49.9 Å². The zero-order valence-electron chi connectivity index (χ0n) is 58.8. The standard InChI is InChI=1S/C69H102N14O18S2/c1-3-4-6-15-57(86)71-52-43-102-41-48-32-47(36-76-28-30-81(31-29-76)58(87)37-77-20-22-78(38-59(88)89)24-26-80(40-61(92)93)27-25-79(23-21-77)39-60(90)91)33-49(34-48)42-103-44-53(69(100)101)74-64(95)51(35-46-11-7-5-8-12-46)73-63(94)50(16-17-56(70)85)72-66(97)62(45(2)84)75-65(96)54-13-9-18-82(54)68(99)55-14-10-19-83(55)67(52)98/h5,7-8,11-12,32-34,45,50-55,62,84H,3-4,6,9-10,13-31,35-44H2,1-2H3,(H2,70,85)(H,71,86)(H,72,97)(H,73,94)(H,74,95)(H,75,96)(H,88,89)(H,90,91)(H,92,93)(H,100,101)/t45-,50+,51+,52+,53+,54?,55+,62+/m1/s1. The number of fused-ring (bicyclic) bond motifs is 4. The van der Waals surface area contributed by atoms with Gasteiger partial charge in [0.1, 0.15) is 42.3 Å². The number of thioether (sulfide) groups is 2. The third-order valence-corrected chi connectivity index (χ3v) is 21.1. The normalized spacial score (nSPS) is 24.3. The Labute approximate surface area is 608 Å². The number of carbonyl (C=O) groups is 13. The number of unbranched alkanes of at least 4 members (excludes halogenated alkanes) is 2. The first-order valence-corrected chi connectivity index (χ1v) is 37.7. The maximum Gasteiger partial charge on any atom is 0.327 e. The van der Waals surface area contributed by atoms with E-state index in [-0.39, 0.29) is 146 Å². The molecule has 0 radical (unpaired) electrons. The molecule has 12 N–H and O–H groups in total. The highest BCUT2D eigenvalue weighted by atomic mass is 32.2. The van der Waals surface area contributed by atoms with Crippen molar-refractivity contribution in [3.05, 3.63) is 70.8 Å². The summed E-state index contributed by atoms with van der Waals surface area (Å²) in [6.07, 6.45) is 1.07. The minimum absolute atomic E-state index is 0.0245. The van der Waals surface area contributed by atoms with Gasteiger partial charge in [-0.25, -0.2) is 4.79 Å². The van der Waals surface area contributed by atoms with Crippen LogP contribution in [0.5, 0.6) is 0 Å². The number of nitrogens with one attached hydrogen (secondary N) is 5. The molecule has 32 nitrogen and oxygen atoms in total. The van der Waals surface area contributed by atoms with Crippen molar-refractivity contribution in [2.75, 3.05) is 129 Å². The number of primary amides is 1. The van der Waals surface area contributed by atoms with Gasteiger partial charge in [0.2, 0.25) is 53.2 Å². The molecule has 0 aromatic heterocycles. The number of amides is 9. The van der Waals surface area contributed by atoms with Crippen molar-refractivity contribution in [2.24, 2.45) is 5.73 Å². The Hall–Kier alpha value is -7.99. The molecule has 1 unspecified atom stereocenters. The van der Waals surface area contributed by atoms with Crippen molar-refractivity contribution in [2.45, 2.75) is 151 Å². The number of rotatable bonds is 22. The molecule has 0 saturated carbocycles. The number of hydrogen-bond donors (Lipinski definition) is 11. The molecule has 9 amide bonds. The van der Waals surface area contributed by atoms with E-state index in [1.807, 2.05) is 30.0 Å². The fourth-order valence-electron chi connectivity index (χ4n) is 13.4. The Morgan fingerprint density at radius 1 is 0.563 bits per heavy atom. The second-order valence-corrected chi connectivity index (χ2v) is 29.1. The number of carbonyl (C=O) groups excluding carboxylic acids is 9. The summed E-state index contributed by atoms with van der Waals surface area (Å²) in [5.74, 6) is -10.1. The molecule has 8 atom stereocenters. The first kappa shape index (κ1) is 82.3. The number of hydrogen-bond acceptors (Lipinski definition) is 21. The van der Waals surface area contributed by atoms with Crippen molar-refractivity contribution in [3.63, 3.8) is 0 Å². The molecule has 2 aromatic rings. The number of aliphatic hydroxyl groups excluding tert-OH is 1. The van der Waals surface area contributed by atoms with E-state index >= 15 is 0 Å². The Morgan fingerprint density at radius 3 is 1.61 bits per heavy atom. The summed E-state index contributed by atoms with van der Waals surface area (Å²) < 4.78 is 0. The summed E-state index contributed by atoms with van der Waals surface area (Å²) in [5.41, 5.74) is 8.56. The Bertz CT molecular complexity index is 3250. The lowest BCUT2D eigenvalue weighted by Gasteiger charge is -2.37. The fourth-order valence-corrected chi connectivity index (χ4v) is 15.3. The van der Waals surface area contributed by atoms with E-state index in [0.717, 1.165) is 29.5 Å². The minimum Gasteiger partial charge on any atom is -0.480 e. The van der Waals surface area contributed by atoms with E-state index in [2.05, 4.69) is 31.5 Å². The molecule has 4 fully saturated rings. The first-order valence-electron chi connectivity index (χ1n) is 35.4. The van der Waals surface area contributed by atoms with Gasteiger partial charge < -0.3 is 72.5 Å². The zero-order valence-corrected chi connectivity index (χ0v) is 60.4. The maximum atomic E-state index is 15.0. The van der Waals surface area contributed by atoms with E-state index < -0.39 is 126 Å². The summed E-state index contributed by atoms with van der Waals surface area (Å²) >= 11 is 2.60. The van der Waals surface area contributed by atoms with Crippen LogP contribution in [0.25, 0.3) is 0 Å². The number of aliphatic carboxylic acids is 4. The van der Waals surface area contributed by atoms with Gasteiger partial charge in [-0.2, -0.15) is 23.5 Å². The van der Waals surface area contributed by atoms with E-state index in [4.69, 9.17) is 5.73 Å². The third kappa shape index (κ3) is 26.9. The van der Waals surface area contributed by atoms with Crippen LogP contribution >= 0.6 is 23.5 Å². The Kier molecular flexibility index (Phi) is 33.1. The molecule has 2 bridgehead atoms. The van der Waals surface area contributed by atoms with Crippen LogP contribution in [0.1, 0.15) is 100 Å². The van der Waals surface area contributed by atoms with Crippen LogP contribution in [-0.2, 0) is 86.8 Å². The van der Waals surface area contributed by atoms with Crippen LogP contribution in [0.3, 0.4) is 0 Å². The molecular weight excluding hydrogens is 1380 g/mol. The second-order valence-electron chi connectivity index (χ2n) is 27.0. The van der Waals surface area contributed by atoms with Crippen LogP contribution in [0.2, 0.25) is 0 Å². The molecule has 0 spiro atoms. The number of carboxylic acids is 4. The van der Waals surface area contributed by atoms with Gasteiger partial charge in [-0.15, -0.1) is 0 Å². The molecule has 5 heterocycles. The van der Waals surface area contributed by atoms with Crippen LogP contribution in [0.4, 0.5) is 0 Å². The predicted octanol–water partition coefficient (Wildman–Crippen LogP) is -1.75. The molecule has 568 valence electrons. The van der Waals surface area contributed by atoms with Crippen molar-refractivity contribution in [1.29, 1.82) is 0 Å². The predicted molar refractivity (Wildman–Crippen MR) is 380 cm³/mol. The van der Waals surface area contributed by atoms with Crippen molar-refractivity contribution < 1.29 is 87.9 Å². The smallest absolute Gasteiger partial charge is 0.327 e. The van der Waals surface area contributed by atoms with Gasteiger partial charge in [-0.05, 0) is 67.7 Å². The molecule has 5 aliphatic rings. The molecule has 4 saturated heterocycles. The quantitative estimate of drug-likeness (QED) is 0.0582. The molecule has 7 rings (SSSR count). The van der Waals surface area contributed by atoms with E-state index in [0.29, 0.717) is 63.3 Å². The SMILES string of the molecule is CCCCCC(=O)N[C@H]1CSCc2cc(cc(CN3CCN(C(=O)CN4CCN(CC(=O)O)CCN(CC(=O)O)CCN(CC(=O)O)CC4)CC3)c2)CSC[C@@H](C(=O)O)NC(=O)[C@H](Cc2ccccc2)NC(=O)[C@H](CCC(N)=O)NC(=O)[C@H]([C@@H](C)O)NC(=O)C2CCCN2C(=O)[C@@H]2CCCN2C1=O. The van der Waals surface area contributed by atoms with Crippen LogP contribution in [0.15, 0.2) is 48.5 Å². The molecule has 0 aliphatic carbocycles. The van der Waals surface area contributed by atoms with Gasteiger partial charge in [-0.1, -0.05) is 68.3 Å². The van der Waals surface area contributed by atoms with Crippen molar-refractivity contribution >= 4 is 101 Å².